The van der Waals surface area contributed by atoms with Gasteiger partial charge in [0.15, 0.2) is 0 Å². The van der Waals surface area contributed by atoms with Crippen molar-refractivity contribution in [1.82, 2.24) is 4.90 Å². The summed E-state index contributed by atoms with van der Waals surface area (Å²) in [5.74, 6) is 0.675. The van der Waals surface area contributed by atoms with Crippen LogP contribution in [0.4, 0.5) is 0 Å². The van der Waals surface area contributed by atoms with Gasteiger partial charge in [0, 0.05) is 19.1 Å². The molecule has 0 aromatic carbocycles. The lowest BCUT2D eigenvalue weighted by atomic mass is 10.1. The van der Waals surface area contributed by atoms with E-state index in [1.807, 2.05) is 6.92 Å². The average molecular weight is 201 g/mol. The number of hydrogen-bond donors (Lipinski definition) is 1. The summed E-state index contributed by atoms with van der Waals surface area (Å²) >= 11 is 0. The number of aliphatic hydroxyl groups excluding tert-OH is 1. The van der Waals surface area contributed by atoms with Gasteiger partial charge in [0.25, 0.3) is 0 Å². The molecule has 14 heavy (non-hydrogen) atoms. The Morgan fingerprint density at radius 2 is 1.50 bits per heavy atom. The van der Waals surface area contributed by atoms with Crippen molar-refractivity contribution in [3.05, 3.63) is 0 Å². The minimum atomic E-state index is -0.214. The van der Waals surface area contributed by atoms with Crippen molar-refractivity contribution in [1.29, 1.82) is 0 Å². The lowest BCUT2D eigenvalue weighted by Gasteiger charge is -2.32. The van der Waals surface area contributed by atoms with Crippen molar-refractivity contribution < 1.29 is 5.11 Å². The standard InChI is InChI=1S/C12H27NO/c1-6-12(7-2)13(8-10(3)4)9-11(5)14/h10-12,14H,6-9H2,1-5H3/t11-/m1/s1. The fourth-order valence-electron chi connectivity index (χ4n) is 1.99. The molecule has 0 aromatic heterocycles. The zero-order chi connectivity index (χ0) is 11.1. The molecule has 1 atom stereocenters. The van der Waals surface area contributed by atoms with Crippen LogP contribution in [0, 0.1) is 5.92 Å². The van der Waals surface area contributed by atoms with Gasteiger partial charge in [0.2, 0.25) is 0 Å². The van der Waals surface area contributed by atoms with E-state index in [-0.39, 0.29) is 6.10 Å². The molecule has 0 amide bonds. The maximum absolute atomic E-state index is 9.43. The molecular formula is C12H27NO. The lowest BCUT2D eigenvalue weighted by molar-refractivity contribution is 0.0852. The molecule has 2 nitrogen and oxygen atoms in total. The molecule has 0 fully saturated rings. The number of hydrogen-bond acceptors (Lipinski definition) is 2. The van der Waals surface area contributed by atoms with Crippen LogP contribution >= 0.6 is 0 Å². The molecule has 0 heterocycles. The molecule has 86 valence electrons. The van der Waals surface area contributed by atoms with E-state index in [4.69, 9.17) is 0 Å². The van der Waals surface area contributed by atoms with E-state index < -0.39 is 0 Å². The van der Waals surface area contributed by atoms with Crippen LogP contribution in [0.15, 0.2) is 0 Å². The van der Waals surface area contributed by atoms with Crippen molar-refractivity contribution in [2.45, 2.75) is 59.6 Å². The highest BCUT2D eigenvalue weighted by molar-refractivity contribution is 4.72. The topological polar surface area (TPSA) is 23.5 Å². The summed E-state index contributed by atoms with van der Waals surface area (Å²) in [5, 5.41) is 9.43. The quantitative estimate of drug-likeness (QED) is 0.684. The summed E-state index contributed by atoms with van der Waals surface area (Å²) in [7, 11) is 0. The lowest BCUT2D eigenvalue weighted by Crippen LogP contribution is -2.41. The van der Waals surface area contributed by atoms with Crippen LogP contribution in [0.25, 0.3) is 0 Å². The van der Waals surface area contributed by atoms with Gasteiger partial charge >= 0.3 is 0 Å². The summed E-state index contributed by atoms with van der Waals surface area (Å²) in [6.45, 7) is 12.7. The SMILES string of the molecule is CCC(CC)N(CC(C)C)C[C@@H](C)O. The van der Waals surface area contributed by atoms with Gasteiger partial charge in [0.05, 0.1) is 6.10 Å². The summed E-state index contributed by atoms with van der Waals surface area (Å²) in [5.41, 5.74) is 0. The van der Waals surface area contributed by atoms with E-state index in [0.29, 0.717) is 12.0 Å². The molecule has 0 aliphatic rings. The largest absolute Gasteiger partial charge is 0.392 e. The van der Waals surface area contributed by atoms with Gasteiger partial charge in [-0.15, -0.1) is 0 Å². The minimum Gasteiger partial charge on any atom is -0.392 e. The molecule has 0 aliphatic heterocycles. The Labute approximate surface area is 89.3 Å². The van der Waals surface area contributed by atoms with E-state index in [0.717, 1.165) is 13.1 Å². The van der Waals surface area contributed by atoms with Gasteiger partial charge in [-0.25, -0.2) is 0 Å². The van der Waals surface area contributed by atoms with E-state index in [2.05, 4.69) is 32.6 Å². The second-order valence-corrected chi connectivity index (χ2v) is 4.67. The van der Waals surface area contributed by atoms with Crippen molar-refractivity contribution in [2.75, 3.05) is 13.1 Å². The Balaban J connectivity index is 4.20. The van der Waals surface area contributed by atoms with Crippen LogP contribution in [-0.4, -0.2) is 35.2 Å². The first-order valence-corrected chi connectivity index (χ1v) is 5.93. The Kier molecular flexibility index (Phi) is 7.20. The van der Waals surface area contributed by atoms with Crippen molar-refractivity contribution in [3.8, 4) is 0 Å². The van der Waals surface area contributed by atoms with Crippen LogP contribution in [0.3, 0.4) is 0 Å². The van der Waals surface area contributed by atoms with Crippen molar-refractivity contribution >= 4 is 0 Å². The molecule has 0 rings (SSSR count). The fraction of sp³-hybridized carbons (Fsp3) is 1.00. The minimum absolute atomic E-state index is 0.214. The third-order valence-electron chi connectivity index (χ3n) is 2.56. The van der Waals surface area contributed by atoms with Crippen LogP contribution in [0.1, 0.15) is 47.5 Å². The summed E-state index contributed by atoms with van der Waals surface area (Å²) in [6, 6.07) is 0.631. The van der Waals surface area contributed by atoms with Crippen LogP contribution < -0.4 is 0 Å². The van der Waals surface area contributed by atoms with Gasteiger partial charge in [-0.05, 0) is 25.7 Å². The smallest absolute Gasteiger partial charge is 0.0639 e. The summed E-state index contributed by atoms with van der Waals surface area (Å²) in [4.78, 5) is 2.43. The molecule has 0 saturated carbocycles. The van der Waals surface area contributed by atoms with Crippen molar-refractivity contribution in [3.63, 3.8) is 0 Å². The van der Waals surface area contributed by atoms with Gasteiger partial charge in [0.1, 0.15) is 0 Å². The fourth-order valence-corrected chi connectivity index (χ4v) is 1.99. The Morgan fingerprint density at radius 1 is 1.00 bits per heavy atom. The molecule has 0 unspecified atom stereocenters. The van der Waals surface area contributed by atoms with Gasteiger partial charge in [-0.3, -0.25) is 4.90 Å². The number of aliphatic hydroxyl groups is 1. The number of rotatable bonds is 7. The summed E-state index contributed by atoms with van der Waals surface area (Å²) < 4.78 is 0. The van der Waals surface area contributed by atoms with Crippen LogP contribution in [0.5, 0.6) is 0 Å². The summed E-state index contributed by atoms with van der Waals surface area (Å²) in [6.07, 6.45) is 2.14. The van der Waals surface area contributed by atoms with E-state index in [1.54, 1.807) is 0 Å². The highest BCUT2D eigenvalue weighted by Gasteiger charge is 2.17. The van der Waals surface area contributed by atoms with Gasteiger partial charge in [-0.2, -0.15) is 0 Å². The molecule has 0 aromatic rings. The average Bonchev–Trinajstić information content (AvgIpc) is 2.03. The first kappa shape index (κ1) is 13.9. The maximum atomic E-state index is 9.43. The molecule has 0 aliphatic carbocycles. The zero-order valence-corrected chi connectivity index (χ0v) is 10.5. The molecule has 0 spiro atoms. The molecule has 0 bridgehead atoms. The van der Waals surface area contributed by atoms with Crippen LogP contribution in [0.2, 0.25) is 0 Å². The monoisotopic (exact) mass is 201 g/mol. The number of nitrogens with zero attached hydrogens (tertiary/aromatic N) is 1. The normalized spacial score (nSPS) is 14.4. The predicted octanol–water partition coefficient (Wildman–Crippen LogP) is 2.51. The maximum Gasteiger partial charge on any atom is 0.0639 e. The third kappa shape index (κ3) is 5.61. The highest BCUT2D eigenvalue weighted by Crippen LogP contribution is 2.11. The second kappa shape index (κ2) is 7.24. The Morgan fingerprint density at radius 3 is 1.79 bits per heavy atom. The molecule has 2 heteroatoms. The molecule has 0 radical (unpaired) electrons. The van der Waals surface area contributed by atoms with E-state index in [1.165, 1.54) is 12.8 Å². The van der Waals surface area contributed by atoms with E-state index >= 15 is 0 Å². The Bertz CT molecular complexity index is 120. The zero-order valence-electron chi connectivity index (χ0n) is 10.5. The highest BCUT2D eigenvalue weighted by atomic mass is 16.3. The second-order valence-electron chi connectivity index (χ2n) is 4.67. The van der Waals surface area contributed by atoms with Crippen molar-refractivity contribution in [2.24, 2.45) is 5.92 Å². The van der Waals surface area contributed by atoms with Crippen LogP contribution in [-0.2, 0) is 0 Å². The molecule has 0 saturated heterocycles. The predicted molar refractivity (Wildman–Crippen MR) is 62.5 cm³/mol. The first-order chi connectivity index (χ1) is 6.51. The molecular weight excluding hydrogens is 174 g/mol. The van der Waals surface area contributed by atoms with Gasteiger partial charge < -0.3 is 5.11 Å². The third-order valence-corrected chi connectivity index (χ3v) is 2.56. The first-order valence-electron chi connectivity index (χ1n) is 5.93. The van der Waals surface area contributed by atoms with E-state index in [9.17, 15) is 5.11 Å². The molecule has 1 N–H and O–H groups in total. The van der Waals surface area contributed by atoms with Gasteiger partial charge in [-0.1, -0.05) is 27.7 Å². The Hall–Kier alpha value is -0.0800.